The summed E-state index contributed by atoms with van der Waals surface area (Å²) in [6.45, 7) is 2.41. The van der Waals surface area contributed by atoms with Crippen molar-refractivity contribution in [1.82, 2.24) is 9.55 Å². The number of rotatable bonds is 4. The molecule has 0 saturated heterocycles. The van der Waals surface area contributed by atoms with Gasteiger partial charge in [-0.2, -0.15) is 0 Å². The Morgan fingerprint density at radius 1 is 1.48 bits per heavy atom. The molecule has 21 heavy (non-hydrogen) atoms. The quantitative estimate of drug-likeness (QED) is 0.681. The van der Waals surface area contributed by atoms with Crippen molar-refractivity contribution in [2.45, 2.75) is 19.6 Å². The number of hydrogen-bond acceptors (Lipinski definition) is 5. The Kier molecular flexibility index (Phi) is 4.26. The normalized spacial score (nSPS) is 12.9. The Morgan fingerprint density at radius 3 is 2.95 bits per heavy atom. The molecule has 0 N–H and O–H groups in total. The van der Waals surface area contributed by atoms with E-state index in [9.17, 15) is 4.79 Å². The molecule has 2 aromatic heterocycles. The molecule has 1 aromatic carbocycles. The molecule has 3 rings (SSSR count). The summed E-state index contributed by atoms with van der Waals surface area (Å²) in [6, 6.07) is 6.12. The highest BCUT2D eigenvalue weighted by Gasteiger charge is 2.15. The van der Waals surface area contributed by atoms with Crippen LogP contribution in [-0.2, 0) is 11.5 Å². The van der Waals surface area contributed by atoms with Gasteiger partial charge in [-0.1, -0.05) is 24.3 Å². The molecule has 110 valence electrons. The van der Waals surface area contributed by atoms with E-state index in [-0.39, 0.29) is 17.5 Å². The van der Waals surface area contributed by atoms with Gasteiger partial charge in [-0.3, -0.25) is 9.36 Å². The maximum Gasteiger partial charge on any atom is 0.310 e. The van der Waals surface area contributed by atoms with E-state index in [1.165, 1.54) is 11.3 Å². The van der Waals surface area contributed by atoms with Crippen LogP contribution in [0.15, 0.2) is 33.0 Å². The summed E-state index contributed by atoms with van der Waals surface area (Å²) in [5, 5.41) is 3.04. The van der Waals surface area contributed by atoms with Crippen molar-refractivity contribution in [1.29, 1.82) is 0 Å². The predicted molar refractivity (Wildman–Crippen MR) is 90.4 cm³/mol. The third-order valence-corrected chi connectivity index (χ3v) is 5.99. The number of nitrogens with zero attached hydrogens (tertiary/aromatic N) is 2. The highest BCUT2D eigenvalue weighted by molar-refractivity contribution is 9.10. The molecule has 0 fully saturated rings. The van der Waals surface area contributed by atoms with E-state index in [0.717, 1.165) is 25.4 Å². The van der Waals surface area contributed by atoms with Gasteiger partial charge in [-0.25, -0.2) is 4.98 Å². The van der Waals surface area contributed by atoms with E-state index in [1.807, 2.05) is 11.4 Å². The summed E-state index contributed by atoms with van der Waals surface area (Å²) in [5.41, 5.74) is 2.08. The zero-order valence-corrected chi connectivity index (χ0v) is 14.7. The van der Waals surface area contributed by atoms with Crippen molar-refractivity contribution in [3.8, 4) is 0 Å². The van der Waals surface area contributed by atoms with Gasteiger partial charge in [0.15, 0.2) is 0 Å². The zero-order chi connectivity index (χ0) is 15.0. The fourth-order valence-electron chi connectivity index (χ4n) is 2.21. The molecule has 0 aliphatic rings. The lowest BCUT2D eigenvalue weighted by Gasteiger charge is -2.09. The highest BCUT2D eigenvalue weighted by Crippen LogP contribution is 2.31. The first-order valence-electron chi connectivity index (χ1n) is 6.33. The highest BCUT2D eigenvalue weighted by atomic mass is 79.9. The number of benzene rings is 1. The smallest absolute Gasteiger partial charge is 0.310 e. The van der Waals surface area contributed by atoms with Gasteiger partial charge in [0.25, 0.3) is 0 Å². The molecule has 0 aliphatic carbocycles. The molecule has 0 aliphatic heterocycles. The lowest BCUT2D eigenvalue weighted by atomic mass is 10.0. The topological polar surface area (TPSA) is 44.1 Å². The van der Waals surface area contributed by atoms with Crippen molar-refractivity contribution >= 4 is 48.8 Å². The molecule has 1 unspecified atom stereocenters. The molecule has 0 spiro atoms. The van der Waals surface area contributed by atoms with Gasteiger partial charge in [-0.05, 0) is 33.6 Å². The van der Waals surface area contributed by atoms with Gasteiger partial charge in [-0.15, -0.1) is 11.3 Å². The average molecular weight is 385 g/mol. The predicted octanol–water partition coefficient (Wildman–Crippen LogP) is 4.04. The number of thiazole rings is 2. The second-order valence-electron chi connectivity index (χ2n) is 4.67. The molecular formula is C14H13BrN2O2S2. The minimum atomic E-state index is 0.00801. The largest absolute Gasteiger partial charge is 0.364 e. The summed E-state index contributed by atoms with van der Waals surface area (Å²) in [7, 11) is 1.59. The monoisotopic (exact) mass is 384 g/mol. The third kappa shape index (κ3) is 2.83. The van der Waals surface area contributed by atoms with Crippen molar-refractivity contribution in [3.05, 3.63) is 48.4 Å². The van der Waals surface area contributed by atoms with Crippen LogP contribution < -0.4 is 4.87 Å². The van der Waals surface area contributed by atoms with Crippen LogP contribution >= 0.6 is 38.6 Å². The minimum absolute atomic E-state index is 0.00801. The Balaban J connectivity index is 2.03. The number of hydrogen-bond donors (Lipinski definition) is 0. The van der Waals surface area contributed by atoms with Crippen LogP contribution in [0.2, 0.25) is 0 Å². The summed E-state index contributed by atoms with van der Waals surface area (Å²) < 4.78 is 8.58. The van der Waals surface area contributed by atoms with Gasteiger partial charge in [0.2, 0.25) is 0 Å². The summed E-state index contributed by atoms with van der Waals surface area (Å²) in [4.78, 5) is 16.4. The molecule has 2 heterocycles. The van der Waals surface area contributed by atoms with Gasteiger partial charge in [0.1, 0.15) is 16.3 Å². The summed E-state index contributed by atoms with van der Waals surface area (Å²) >= 11 is 6.27. The number of ether oxygens (including phenoxy) is 1. The van der Waals surface area contributed by atoms with Crippen LogP contribution in [0.4, 0.5) is 0 Å². The number of halogens is 1. The average Bonchev–Trinajstić information content (AvgIpc) is 3.02. The first kappa shape index (κ1) is 14.9. The summed E-state index contributed by atoms with van der Waals surface area (Å²) in [5.74, 6) is 0.207. The van der Waals surface area contributed by atoms with E-state index < -0.39 is 0 Å². The van der Waals surface area contributed by atoms with Crippen LogP contribution in [0.5, 0.6) is 0 Å². The van der Waals surface area contributed by atoms with Crippen LogP contribution in [-0.4, -0.2) is 16.7 Å². The third-order valence-electron chi connectivity index (χ3n) is 3.31. The van der Waals surface area contributed by atoms with Crippen LogP contribution in [0, 0.1) is 0 Å². The van der Waals surface area contributed by atoms with E-state index in [0.29, 0.717) is 0 Å². The van der Waals surface area contributed by atoms with Crippen LogP contribution in [0.3, 0.4) is 0 Å². The van der Waals surface area contributed by atoms with Crippen molar-refractivity contribution < 1.29 is 4.74 Å². The van der Waals surface area contributed by atoms with Crippen LogP contribution in [0.1, 0.15) is 23.4 Å². The molecule has 0 amide bonds. The number of methoxy groups -OCH3 is 1. The van der Waals surface area contributed by atoms with E-state index in [2.05, 4.69) is 40.0 Å². The Labute approximate surface area is 138 Å². The maximum absolute atomic E-state index is 12.0. The fraction of sp³-hybridized carbons (Fsp3) is 0.286. The van der Waals surface area contributed by atoms with Gasteiger partial charge < -0.3 is 4.74 Å². The molecule has 0 radical (unpaired) electrons. The maximum atomic E-state index is 12.0. The molecular weight excluding hydrogens is 372 g/mol. The van der Waals surface area contributed by atoms with E-state index >= 15 is 0 Å². The van der Waals surface area contributed by atoms with Crippen molar-refractivity contribution in [3.63, 3.8) is 0 Å². The molecule has 7 heteroatoms. The number of aromatic nitrogens is 2. The molecule has 0 bridgehead atoms. The number of fused-ring (bicyclic) bond motifs is 1. The molecule has 1 atom stereocenters. The van der Waals surface area contributed by atoms with E-state index in [4.69, 9.17) is 4.74 Å². The van der Waals surface area contributed by atoms with E-state index in [1.54, 1.807) is 23.0 Å². The first-order valence-corrected chi connectivity index (χ1v) is 8.82. The van der Waals surface area contributed by atoms with Gasteiger partial charge in [0, 0.05) is 18.4 Å². The Bertz CT molecular complexity index is 837. The first-order chi connectivity index (χ1) is 10.1. The zero-order valence-electron chi connectivity index (χ0n) is 11.5. The van der Waals surface area contributed by atoms with Crippen LogP contribution in [0.25, 0.3) is 10.2 Å². The lowest BCUT2D eigenvalue weighted by molar-refractivity contribution is 0.133. The van der Waals surface area contributed by atoms with Gasteiger partial charge >= 0.3 is 4.87 Å². The Morgan fingerprint density at radius 2 is 2.29 bits per heavy atom. The Hall–Kier alpha value is -1.02. The van der Waals surface area contributed by atoms with Crippen molar-refractivity contribution in [2.24, 2.45) is 0 Å². The molecule has 4 nitrogen and oxygen atoms in total. The lowest BCUT2D eigenvalue weighted by Crippen LogP contribution is -2.13. The summed E-state index contributed by atoms with van der Waals surface area (Å²) in [6.07, 6.45) is 0. The minimum Gasteiger partial charge on any atom is -0.364 e. The second kappa shape index (κ2) is 6.00. The van der Waals surface area contributed by atoms with Crippen molar-refractivity contribution in [2.75, 3.05) is 7.11 Å². The SMILES string of the molecule is COCn1c(=O)sc2cc(C(C)c3nc(Br)cs3)ccc21. The standard InChI is InChI=1S/C14H13BrN2O2S2/c1-8(13-16-12(15)6-20-13)9-3-4-10-11(5-9)21-14(18)17(10)7-19-2/h3-6,8H,7H2,1-2H3. The fourth-order valence-corrected chi connectivity index (χ4v) is 4.49. The molecule has 0 saturated carbocycles. The second-order valence-corrected chi connectivity index (χ2v) is 7.37. The van der Waals surface area contributed by atoms with Gasteiger partial charge in [0.05, 0.1) is 10.2 Å². The molecule has 3 aromatic rings.